The average molecular weight is 323 g/mol. The second kappa shape index (κ2) is 10.6. The Morgan fingerprint density at radius 3 is 1.19 bits per heavy atom. The summed E-state index contributed by atoms with van der Waals surface area (Å²) >= 11 is 12.7. The molecule has 0 unspecified atom stereocenters. The number of benzene rings is 2. The van der Waals surface area contributed by atoms with E-state index in [0.717, 1.165) is 23.3 Å². The Hall–Kier alpha value is -2.22. The highest BCUT2D eigenvalue weighted by Gasteiger charge is 2.28. The Kier molecular flexibility index (Phi) is 9.44. The third-order valence-corrected chi connectivity index (χ3v) is 3.15. The second-order valence-corrected chi connectivity index (χ2v) is 4.84. The Bertz CT molecular complexity index is 536. The molecule has 108 valence electrons. The van der Waals surface area contributed by atoms with Crippen LogP contribution in [0.15, 0.2) is 60.7 Å². The maximum atomic E-state index is 8.35. The first-order valence-electron chi connectivity index (χ1n) is 5.61. The van der Waals surface area contributed by atoms with E-state index in [2.05, 4.69) is 0 Å². The van der Waals surface area contributed by atoms with Crippen molar-refractivity contribution in [1.29, 1.82) is 10.8 Å². The summed E-state index contributed by atoms with van der Waals surface area (Å²) < 4.78 is -0.970. The predicted octanol–water partition coefficient (Wildman–Crippen LogP) is 4.17. The number of hydrogen-bond donors (Lipinski definition) is 2. The van der Waals surface area contributed by atoms with Crippen LogP contribution in [0.5, 0.6) is 0 Å². The molecular formula is C15H12Cl2N2O2. The molecule has 2 aromatic rings. The van der Waals surface area contributed by atoms with Crippen molar-refractivity contribution in [2.24, 2.45) is 0 Å². The lowest BCUT2D eigenvalue weighted by molar-refractivity contribution is 0.562. The van der Waals surface area contributed by atoms with Gasteiger partial charge in [-0.2, -0.15) is 0 Å². The number of nitrogens with one attached hydrogen (secondary N) is 2. The van der Waals surface area contributed by atoms with Crippen molar-refractivity contribution < 1.29 is 9.59 Å². The van der Waals surface area contributed by atoms with Gasteiger partial charge in [0.2, 0.25) is 12.2 Å². The van der Waals surface area contributed by atoms with Gasteiger partial charge in [0, 0.05) is 0 Å². The van der Waals surface area contributed by atoms with Crippen molar-refractivity contribution in [3.05, 3.63) is 71.8 Å². The van der Waals surface area contributed by atoms with Crippen LogP contribution in [0, 0.1) is 10.8 Å². The summed E-state index contributed by atoms with van der Waals surface area (Å²) in [6.45, 7) is 0. The third kappa shape index (κ3) is 6.66. The van der Waals surface area contributed by atoms with Gasteiger partial charge in [0.25, 0.3) is 0 Å². The number of isocyanates is 2. The van der Waals surface area contributed by atoms with Crippen LogP contribution in [-0.2, 0) is 13.9 Å². The molecule has 0 heterocycles. The van der Waals surface area contributed by atoms with E-state index in [1.165, 1.54) is 0 Å². The normalized spacial score (nSPS) is 8.86. The molecule has 6 heteroatoms. The molecule has 4 nitrogen and oxygen atoms in total. The van der Waals surface area contributed by atoms with Crippen LogP contribution in [0.4, 0.5) is 0 Å². The first-order chi connectivity index (χ1) is 10.0. The van der Waals surface area contributed by atoms with E-state index in [1.54, 1.807) is 0 Å². The van der Waals surface area contributed by atoms with Crippen molar-refractivity contribution in [3.8, 4) is 0 Å². The summed E-state index contributed by atoms with van der Waals surface area (Å²) in [4.78, 5) is 16.7. The number of rotatable bonds is 2. The molecule has 0 bridgehead atoms. The van der Waals surface area contributed by atoms with Crippen LogP contribution < -0.4 is 0 Å². The third-order valence-electron chi connectivity index (χ3n) is 2.27. The maximum absolute atomic E-state index is 8.35. The highest BCUT2D eigenvalue weighted by atomic mass is 35.5. The number of carbonyl (C=O) groups excluding carboxylic acids is 2. The van der Waals surface area contributed by atoms with Crippen LogP contribution in [0.3, 0.4) is 0 Å². The van der Waals surface area contributed by atoms with E-state index in [9.17, 15) is 0 Å². The summed E-state index contributed by atoms with van der Waals surface area (Å²) in [6, 6.07) is 19.3. The van der Waals surface area contributed by atoms with E-state index in [4.69, 9.17) is 43.6 Å². The first kappa shape index (κ1) is 18.8. The van der Waals surface area contributed by atoms with Crippen molar-refractivity contribution in [3.63, 3.8) is 0 Å². The Labute approximate surface area is 132 Å². The van der Waals surface area contributed by atoms with E-state index in [-0.39, 0.29) is 0 Å². The summed E-state index contributed by atoms with van der Waals surface area (Å²) in [6.07, 6.45) is 1.50. The second-order valence-electron chi connectivity index (χ2n) is 3.51. The molecular weight excluding hydrogens is 311 g/mol. The van der Waals surface area contributed by atoms with Crippen molar-refractivity contribution >= 4 is 35.4 Å². The molecule has 0 radical (unpaired) electrons. The van der Waals surface area contributed by atoms with E-state index < -0.39 is 4.33 Å². The average Bonchev–Trinajstić information content (AvgIpc) is 2.51. The van der Waals surface area contributed by atoms with Crippen LogP contribution in [-0.4, -0.2) is 12.2 Å². The number of hydrogen-bond acceptors (Lipinski definition) is 4. The summed E-state index contributed by atoms with van der Waals surface area (Å²) in [7, 11) is 0. The van der Waals surface area contributed by atoms with Crippen molar-refractivity contribution in [1.82, 2.24) is 0 Å². The van der Waals surface area contributed by atoms with Crippen molar-refractivity contribution in [2.75, 3.05) is 0 Å². The molecule has 0 aliphatic rings. The minimum Gasteiger partial charge on any atom is -0.222 e. The van der Waals surface area contributed by atoms with Gasteiger partial charge in [-0.3, -0.25) is 0 Å². The van der Waals surface area contributed by atoms with Crippen LogP contribution in [0.25, 0.3) is 0 Å². The molecule has 0 spiro atoms. The lowest BCUT2D eigenvalue weighted by Crippen LogP contribution is -2.11. The van der Waals surface area contributed by atoms with Gasteiger partial charge >= 0.3 is 0 Å². The van der Waals surface area contributed by atoms with Gasteiger partial charge in [-0.1, -0.05) is 83.9 Å². The summed E-state index contributed by atoms with van der Waals surface area (Å²) in [5.41, 5.74) is 1.78. The minimum atomic E-state index is -0.970. The zero-order valence-electron chi connectivity index (χ0n) is 10.8. The SMILES string of the molecule is ClC(Cl)(c1ccccc1)c1ccccc1.N=C=O.N=C=O. The molecule has 0 atom stereocenters. The Morgan fingerprint density at radius 2 is 0.952 bits per heavy atom. The summed E-state index contributed by atoms with van der Waals surface area (Å²) in [5.74, 6) is 0. The minimum absolute atomic E-state index is 0.750. The van der Waals surface area contributed by atoms with Crippen LogP contribution in [0.1, 0.15) is 11.1 Å². The highest BCUT2D eigenvalue weighted by Crippen LogP contribution is 2.40. The van der Waals surface area contributed by atoms with Crippen LogP contribution >= 0.6 is 23.2 Å². The molecule has 0 saturated heterocycles. The fourth-order valence-electron chi connectivity index (χ4n) is 1.46. The molecule has 0 fully saturated rings. The zero-order chi connectivity index (χ0) is 16.1. The molecule has 0 aliphatic carbocycles. The molecule has 2 rings (SSSR count). The number of halogens is 2. The largest absolute Gasteiger partial charge is 0.231 e. The monoisotopic (exact) mass is 322 g/mol. The van der Waals surface area contributed by atoms with Gasteiger partial charge in [-0.25, -0.2) is 20.4 Å². The predicted molar refractivity (Wildman–Crippen MR) is 82.2 cm³/mol. The van der Waals surface area contributed by atoms with Gasteiger partial charge < -0.3 is 0 Å². The topological polar surface area (TPSA) is 81.8 Å². The molecule has 21 heavy (non-hydrogen) atoms. The van der Waals surface area contributed by atoms with E-state index in [0.29, 0.717) is 0 Å². The van der Waals surface area contributed by atoms with Gasteiger partial charge in [-0.15, -0.1) is 0 Å². The van der Waals surface area contributed by atoms with Gasteiger partial charge in [-0.05, 0) is 11.1 Å². The molecule has 0 aromatic heterocycles. The lowest BCUT2D eigenvalue weighted by Gasteiger charge is -2.20. The highest BCUT2D eigenvalue weighted by molar-refractivity contribution is 6.50. The fourth-order valence-corrected chi connectivity index (χ4v) is 1.97. The first-order valence-corrected chi connectivity index (χ1v) is 6.36. The zero-order valence-corrected chi connectivity index (χ0v) is 12.4. The molecule has 2 aromatic carbocycles. The molecule has 0 saturated carbocycles. The molecule has 2 N–H and O–H groups in total. The maximum Gasteiger partial charge on any atom is 0.231 e. The Balaban J connectivity index is 0.000000578. The Morgan fingerprint density at radius 1 is 0.714 bits per heavy atom. The molecule has 0 amide bonds. The molecule has 0 aliphatic heterocycles. The van der Waals surface area contributed by atoms with Gasteiger partial charge in [0.05, 0.1) is 0 Å². The van der Waals surface area contributed by atoms with E-state index >= 15 is 0 Å². The lowest BCUT2D eigenvalue weighted by atomic mass is 10.0. The van der Waals surface area contributed by atoms with Crippen LogP contribution in [0.2, 0.25) is 0 Å². The quantitative estimate of drug-likeness (QED) is 0.494. The fraction of sp³-hybridized carbons (Fsp3) is 0.0667. The standard InChI is InChI=1S/C13H10Cl2.2CHNO/c14-13(15,11-7-3-1-4-8-11)12-9-5-2-6-10-12;2*2-1-3/h1-10H;2*2H. The van der Waals surface area contributed by atoms with Gasteiger partial charge in [0.15, 0.2) is 4.33 Å². The number of alkyl halides is 2. The van der Waals surface area contributed by atoms with Crippen molar-refractivity contribution in [2.45, 2.75) is 4.33 Å². The smallest absolute Gasteiger partial charge is 0.222 e. The van der Waals surface area contributed by atoms with E-state index in [1.807, 2.05) is 60.7 Å². The summed E-state index contributed by atoms with van der Waals surface area (Å²) in [5, 5.41) is 10.8. The van der Waals surface area contributed by atoms with Gasteiger partial charge in [0.1, 0.15) is 0 Å².